The lowest BCUT2D eigenvalue weighted by Crippen LogP contribution is -1.99. The van der Waals surface area contributed by atoms with E-state index >= 15 is 0 Å². The number of hydrogen-bond acceptors (Lipinski definition) is 2. The van der Waals surface area contributed by atoms with Crippen LogP contribution in [0.25, 0.3) is 6.08 Å². The number of aromatic nitrogens is 2. The Bertz CT molecular complexity index is 868. The molecule has 3 heterocycles. The molecule has 0 fully saturated rings. The van der Waals surface area contributed by atoms with Crippen LogP contribution in [0.5, 0.6) is 0 Å². The summed E-state index contributed by atoms with van der Waals surface area (Å²) in [5, 5.41) is 0. The number of fused-ring (bicyclic) bond motifs is 2. The van der Waals surface area contributed by atoms with E-state index in [0.29, 0.717) is 5.92 Å². The first kappa shape index (κ1) is 21.2. The van der Waals surface area contributed by atoms with Gasteiger partial charge in [0.15, 0.2) is 0 Å². The molecule has 2 aliphatic rings. The number of aryl methyl sites for hydroxylation is 1. The minimum Gasteiger partial charge on any atom is -0.494 e. The van der Waals surface area contributed by atoms with Crippen molar-refractivity contribution in [3.8, 4) is 0 Å². The van der Waals surface area contributed by atoms with Gasteiger partial charge in [-0.15, -0.1) is 0 Å². The zero-order chi connectivity index (χ0) is 20.6. The summed E-state index contributed by atoms with van der Waals surface area (Å²) in [5.41, 5.74) is 6.82. The Balaban J connectivity index is 0.00000117. The van der Waals surface area contributed by atoms with Crippen LogP contribution in [0.4, 0.5) is 0 Å². The predicted molar refractivity (Wildman–Crippen MR) is 122 cm³/mol. The minimum absolute atomic E-state index is 0.614. The highest BCUT2D eigenvalue weighted by atomic mass is 16.5. The maximum atomic E-state index is 5.61. The fraction of sp³-hybridized carbons (Fsp3) is 0.480. The zero-order valence-corrected chi connectivity index (χ0v) is 18.3. The first-order valence-corrected chi connectivity index (χ1v) is 11.2. The summed E-state index contributed by atoms with van der Waals surface area (Å²) in [7, 11) is 1.71. The van der Waals surface area contributed by atoms with E-state index in [9.17, 15) is 0 Å². The standard InChI is InChI=1S/C23H29N3O.C2H6/c1-3-16-9-6-4-5-7-10-17-13-18(16)20(25-17)14-22-23(27-2)15-21(26-22)19-11-8-12-24-19;1-2/h8,11-16,24-25H,3-7,9-10H2,1-2H3;1-2H3/b22-14+;. The maximum absolute atomic E-state index is 5.61. The van der Waals surface area contributed by atoms with Gasteiger partial charge in [-0.25, -0.2) is 4.99 Å². The number of aliphatic imine (C=N–C) groups is 1. The first-order chi connectivity index (χ1) is 14.3. The Morgan fingerprint density at radius 2 is 2.03 bits per heavy atom. The van der Waals surface area contributed by atoms with Crippen LogP contribution in [0, 0.1) is 0 Å². The van der Waals surface area contributed by atoms with E-state index in [1.807, 2.05) is 38.3 Å². The molecule has 1 unspecified atom stereocenters. The molecule has 4 nitrogen and oxygen atoms in total. The highest BCUT2D eigenvalue weighted by Crippen LogP contribution is 2.34. The van der Waals surface area contributed by atoms with Crippen LogP contribution in [0.3, 0.4) is 0 Å². The number of nitrogens with one attached hydrogen (secondary N) is 2. The van der Waals surface area contributed by atoms with Crippen LogP contribution in [-0.2, 0) is 11.2 Å². The van der Waals surface area contributed by atoms with Crippen LogP contribution in [0.15, 0.2) is 46.9 Å². The van der Waals surface area contributed by atoms with Gasteiger partial charge in [0.1, 0.15) is 11.5 Å². The lowest BCUT2D eigenvalue weighted by Gasteiger charge is -2.15. The van der Waals surface area contributed by atoms with Crippen LogP contribution in [-0.4, -0.2) is 22.8 Å². The van der Waals surface area contributed by atoms with Crippen LogP contribution >= 0.6 is 0 Å². The van der Waals surface area contributed by atoms with Crippen molar-refractivity contribution < 1.29 is 4.74 Å². The van der Waals surface area contributed by atoms with Gasteiger partial charge in [-0.3, -0.25) is 0 Å². The Morgan fingerprint density at radius 1 is 1.21 bits per heavy atom. The molecule has 4 heteroatoms. The number of hydrogen-bond donors (Lipinski definition) is 2. The van der Waals surface area contributed by atoms with Crippen molar-refractivity contribution in [3.05, 3.63) is 64.6 Å². The number of aromatic amines is 2. The van der Waals surface area contributed by atoms with Crippen molar-refractivity contribution in [1.82, 2.24) is 9.97 Å². The van der Waals surface area contributed by atoms with E-state index in [0.717, 1.165) is 29.3 Å². The third-order valence-corrected chi connectivity index (χ3v) is 5.75. The van der Waals surface area contributed by atoms with Gasteiger partial charge >= 0.3 is 0 Å². The number of allylic oxidation sites excluding steroid dienone is 1. The molecule has 0 amide bonds. The van der Waals surface area contributed by atoms with Gasteiger partial charge in [0.05, 0.1) is 18.5 Å². The fourth-order valence-corrected chi connectivity index (χ4v) is 4.22. The number of methoxy groups -OCH3 is 1. The van der Waals surface area contributed by atoms with Gasteiger partial charge in [-0.05, 0) is 61.4 Å². The molecule has 0 saturated heterocycles. The van der Waals surface area contributed by atoms with Crippen molar-refractivity contribution in [1.29, 1.82) is 0 Å². The number of ether oxygens (including phenoxy) is 1. The van der Waals surface area contributed by atoms with Gasteiger partial charge in [-0.1, -0.05) is 40.0 Å². The Labute approximate surface area is 175 Å². The normalized spacial score (nSPS) is 20.6. The molecule has 1 aliphatic heterocycles. The SMILES string of the molecule is CC.CCC1CCCCCCc2cc1c(/C=C1/N=C(c3ccc[nH]3)C=C1OC)[nH]2. The van der Waals surface area contributed by atoms with Crippen molar-refractivity contribution in [2.75, 3.05) is 7.11 Å². The van der Waals surface area contributed by atoms with Crippen molar-refractivity contribution >= 4 is 11.8 Å². The summed E-state index contributed by atoms with van der Waals surface area (Å²) < 4.78 is 5.61. The van der Waals surface area contributed by atoms with Crippen LogP contribution in [0.1, 0.15) is 87.9 Å². The topological polar surface area (TPSA) is 53.2 Å². The molecule has 0 saturated carbocycles. The Hall–Kier alpha value is -2.49. The smallest absolute Gasteiger partial charge is 0.146 e. The molecule has 0 radical (unpaired) electrons. The highest BCUT2D eigenvalue weighted by Gasteiger charge is 2.21. The van der Waals surface area contributed by atoms with Gasteiger partial charge in [0.25, 0.3) is 0 Å². The summed E-state index contributed by atoms with van der Waals surface area (Å²) in [6.45, 7) is 6.30. The summed E-state index contributed by atoms with van der Waals surface area (Å²) in [6, 6.07) is 6.42. The quantitative estimate of drug-likeness (QED) is 0.593. The summed E-state index contributed by atoms with van der Waals surface area (Å²) >= 11 is 0. The van der Waals surface area contributed by atoms with Crippen molar-refractivity contribution in [2.45, 2.75) is 71.6 Å². The fourth-order valence-electron chi connectivity index (χ4n) is 4.22. The van der Waals surface area contributed by atoms with E-state index in [1.165, 1.54) is 55.5 Å². The molecular formula is C25H35N3O. The monoisotopic (exact) mass is 393 g/mol. The highest BCUT2D eigenvalue weighted by molar-refractivity contribution is 6.11. The molecule has 2 N–H and O–H groups in total. The second-order valence-corrected chi connectivity index (χ2v) is 7.54. The summed E-state index contributed by atoms with van der Waals surface area (Å²) in [6.07, 6.45) is 15.0. The molecule has 1 atom stereocenters. The van der Waals surface area contributed by atoms with E-state index in [4.69, 9.17) is 9.73 Å². The predicted octanol–water partition coefficient (Wildman–Crippen LogP) is 6.74. The van der Waals surface area contributed by atoms with Crippen LogP contribution < -0.4 is 0 Å². The second-order valence-electron chi connectivity index (χ2n) is 7.54. The minimum atomic E-state index is 0.614. The molecule has 2 bridgehead atoms. The molecule has 29 heavy (non-hydrogen) atoms. The largest absolute Gasteiger partial charge is 0.494 e. The van der Waals surface area contributed by atoms with Crippen molar-refractivity contribution in [3.63, 3.8) is 0 Å². The summed E-state index contributed by atoms with van der Waals surface area (Å²) in [4.78, 5) is 11.7. The summed E-state index contributed by atoms with van der Waals surface area (Å²) in [5.74, 6) is 1.43. The van der Waals surface area contributed by atoms with E-state index in [2.05, 4.69) is 29.0 Å². The molecular weight excluding hydrogens is 358 g/mol. The molecule has 0 spiro atoms. The third kappa shape index (κ3) is 4.92. The number of rotatable bonds is 4. The molecule has 0 aromatic carbocycles. The van der Waals surface area contributed by atoms with Gasteiger partial charge in [0.2, 0.25) is 0 Å². The van der Waals surface area contributed by atoms with E-state index < -0.39 is 0 Å². The first-order valence-electron chi connectivity index (χ1n) is 11.2. The Kier molecular flexibility index (Phi) is 7.56. The molecule has 156 valence electrons. The maximum Gasteiger partial charge on any atom is 0.146 e. The van der Waals surface area contributed by atoms with E-state index in [-0.39, 0.29) is 0 Å². The zero-order valence-electron chi connectivity index (χ0n) is 18.3. The lowest BCUT2D eigenvalue weighted by molar-refractivity contribution is 0.303. The van der Waals surface area contributed by atoms with Gasteiger partial charge in [0, 0.05) is 23.7 Å². The molecule has 1 aliphatic carbocycles. The number of H-pyrrole nitrogens is 2. The van der Waals surface area contributed by atoms with Gasteiger partial charge in [-0.2, -0.15) is 0 Å². The number of nitrogens with zero attached hydrogens (tertiary/aromatic N) is 1. The average molecular weight is 394 g/mol. The molecule has 2 aromatic rings. The average Bonchev–Trinajstić information content (AvgIpc) is 3.49. The van der Waals surface area contributed by atoms with Crippen molar-refractivity contribution in [2.24, 2.45) is 4.99 Å². The molecule has 2 aromatic heterocycles. The third-order valence-electron chi connectivity index (χ3n) is 5.75. The van der Waals surface area contributed by atoms with Crippen LogP contribution in [0.2, 0.25) is 0 Å². The molecule has 4 rings (SSSR count). The van der Waals surface area contributed by atoms with E-state index in [1.54, 1.807) is 7.11 Å². The van der Waals surface area contributed by atoms with Gasteiger partial charge < -0.3 is 14.7 Å². The lowest BCUT2D eigenvalue weighted by atomic mass is 9.89. The second kappa shape index (κ2) is 10.3. The Morgan fingerprint density at radius 3 is 2.76 bits per heavy atom.